The molecule has 0 aliphatic heterocycles. The number of ether oxygens (including phenoxy) is 1. The highest BCUT2D eigenvalue weighted by Gasteiger charge is 2.27. The van der Waals surface area contributed by atoms with Crippen molar-refractivity contribution in [2.45, 2.75) is 73.0 Å². The molecule has 126 valence electrons. The number of hydrogen-bond acceptors (Lipinski definition) is 5. The number of carbonyl (C=O) groups excluding carboxylic acids is 1. The van der Waals surface area contributed by atoms with E-state index >= 15 is 0 Å². The minimum atomic E-state index is -1.99. The van der Waals surface area contributed by atoms with Crippen molar-refractivity contribution in [2.75, 3.05) is 0 Å². The zero-order valence-corrected chi connectivity index (χ0v) is 15.2. The fraction of sp³-hybridized carbons (Fsp3) is 0.800. The molecular weight excluding hydrogens is 304 g/mol. The van der Waals surface area contributed by atoms with Gasteiger partial charge in [-0.2, -0.15) is 9.66 Å². The van der Waals surface area contributed by atoms with E-state index in [0.717, 1.165) is 0 Å². The van der Waals surface area contributed by atoms with Gasteiger partial charge in [0.05, 0.1) is 17.8 Å². The van der Waals surface area contributed by atoms with E-state index < -0.39 is 28.3 Å². The van der Waals surface area contributed by atoms with Crippen molar-refractivity contribution in [2.24, 2.45) is 9.81 Å². The quantitative estimate of drug-likeness (QED) is 0.528. The van der Waals surface area contributed by atoms with Crippen LogP contribution in [0.1, 0.15) is 61.3 Å². The first-order valence-corrected chi connectivity index (χ1v) is 8.16. The van der Waals surface area contributed by atoms with Gasteiger partial charge in [0.15, 0.2) is 0 Å². The van der Waals surface area contributed by atoms with Crippen LogP contribution in [0.5, 0.6) is 0 Å². The molecule has 0 radical (unpaired) electrons. The van der Waals surface area contributed by atoms with Gasteiger partial charge < -0.3 is 4.74 Å². The summed E-state index contributed by atoms with van der Waals surface area (Å²) in [6, 6.07) is 2.07. The monoisotopic (exact) mass is 330 g/mol. The van der Waals surface area contributed by atoms with Crippen molar-refractivity contribution in [1.29, 1.82) is 5.26 Å². The SMILES string of the molecule is CC(C)OC(=O)C(CC(C)(C)CC#N)=NS(=O)OC(C)(C)C. The Morgan fingerprint density at radius 3 is 2.23 bits per heavy atom. The number of hydrogen-bond donors (Lipinski definition) is 0. The summed E-state index contributed by atoms with van der Waals surface area (Å²) >= 11 is -1.99. The molecule has 0 aromatic carbocycles. The molecule has 0 amide bonds. The summed E-state index contributed by atoms with van der Waals surface area (Å²) in [5.74, 6) is -0.633. The summed E-state index contributed by atoms with van der Waals surface area (Å²) in [6.45, 7) is 12.3. The molecule has 1 unspecified atom stereocenters. The maximum Gasteiger partial charge on any atom is 0.353 e. The largest absolute Gasteiger partial charge is 0.458 e. The first kappa shape index (κ1) is 20.7. The van der Waals surface area contributed by atoms with Crippen LogP contribution in [0.4, 0.5) is 0 Å². The van der Waals surface area contributed by atoms with E-state index in [2.05, 4.69) is 10.5 Å². The summed E-state index contributed by atoms with van der Waals surface area (Å²) in [7, 11) is 0. The first-order chi connectivity index (χ1) is 9.86. The third-order valence-corrected chi connectivity index (χ3v) is 3.30. The average molecular weight is 330 g/mol. The van der Waals surface area contributed by atoms with Crippen molar-refractivity contribution < 1.29 is 17.9 Å². The van der Waals surface area contributed by atoms with E-state index in [1.807, 2.05) is 13.8 Å². The highest BCUT2D eigenvalue weighted by Crippen LogP contribution is 2.26. The zero-order valence-electron chi connectivity index (χ0n) is 14.4. The summed E-state index contributed by atoms with van der Waals surface area (Å²) < 4.78 is 26.1. The number of carbonyl (C=O) groups is 1. The number of nitriles is 1. The molecule has 0 fully saturated rings. The predicted octanol–water partition coefficient (Wildman–Crippen LogP) is 3.10. The highest BCUT2D eigenvalue weighted by atomic mass is 32.2. The summed E-state index contributed by atoms with van der Waals surface area (Å²) in [4.78, 5) is 12.1. The fourth-order valence-electron chi connectivity index (χ4n) is 1.48. The van der Waals surface area contributed by atoms with Gasteiger partial charge in [0.2, 0.25) is 0 Å². The molecule has 0 heterocycles. The Labute approximate surface area is 135 Å². The molecule has 0 rings (SSSR count). The van der Waals surface area contributed by atoms with Gasteiger partial charge in [-0.15, -0.1) is 0 Å². The van der Waals surface area contributed by atoms with Crippen LogP contribution in [-0.4, -0.2) is 27.6 Å². The summed E-state index contributed by atoms with van der Waals surface area (Å²) in [5, 5.41) is 8.84. The van der Waals surface area contributed by atoms with Crippen LogP contribution in [0, 0.1) is 16.7 Å². The molecule has 0 N–H and O–H groups in total. The average Bonchev–Trinajstić information content (AvgIpc) is 2.23. The van der Waals surface area contributed by atoms with Gasteiger partial charge >= 0.3 is 5.97 Å². The van der Waals surface area contributed by atoms with Crippen LogP contribution < -0.4 is 0 Å². The minimum absolute atomic E-state index is 0.0246. The molecule has 1 atom stereocenters. The van der Waals surface area contributed by atoms with Crippen LogP contribution in [0.3, 0.4) is 0 Å². The van der Waals surface area contributed by atoms with E-state index in [-0.39, 0.29) is 24.7 Å². The molecule has 0 saturated carbocycles. The molecule has 6 nitrogen and oxygen atoms in total. The van der Waals surface area contributed by atoms with Gasteiger partial charge in [0.25, 0.3) is 11.3 Å². The third kappa shape index (κ3) is 9.64. The number of nitrogens with zero attached hydrogens (tertiary/aromatic N) is 2. The maximum absolute atomic E-state index is 12.1. The molecule has 0 aliphatic rings. The van der Waals surface area contributed by atoms with Crippen LogP contribution in [-0.2, 0) is 25.0 Å². The van der Waals surface area contributed by atoms with Crippen molar-refractivity contribution >= 4 is 22.9 Å². The van der Waals surface area contributed by atoms with Crippen molar-refractivity contribution in [3.63, 3.8) is 0 Å². The fourth-order valence-corrected chi connectivity index (χ4v) is 2.26. The topological polar surface area (TPSA) is 88.8 Å². The molecule has 0 bridgehead atoms. The van der Waals surface area contributed by atoms with E-state index in [1.165, 1.54) is 0 Å². The lowest BCUT2D eigenvalue weighted by molar-refractivity contribution is -0.139. The molecule has 0 aromatic heterocycles. The maximum atomic E-state index is 12.1. The standard InChI is InChI=1S/C15H26N2O4S/c1-11(2)20-13(18)12(10-15(6,7)8-9-16)17-22(19)21-14(3,4)5/h11H,8,10H2,1-7H3. The Hall–Kier alpha value is -1.26. The molecule has 7 heteroatoms. The Morgan fingerprint density at radius 1 is 1.27 bits per heavy atom. The Morgan fingerprint density at radius 2 is 1.82 bits per heavy atom. The van der Waals surface area contributed by atoms with Crippen LogP contribution >= 0.6 is 0 Å². The zero-order chi connectivity index (χ0) is 17.6. The second-order valence-electron chi connectivity index (χ2n) is 7.08. The van der Waals surface area contributed by atoms with Crippen LogP contribution in [0.15, 0.2) is 4.40 Å². The first-order valence-electron chi connectivity index (χ1n) is 7.13. The second-order valence-corrected chi connectivity index (χ2v) is 7.86. The molecule has 0 spiro atoms. The highest BCUT2D eigenvalue weighted by molar-refractivity contribution is 7.79. The third-order valence-electron chi connectivity index (χ3n) is 2.29. The van der Waals surface area contributed by atoms with Gasteiger partial charge in [-0.05, 0) is 40.0 Å². The van der Waals surface area contributed by atoms with Gasteiger partial charge in [-0.1, -0.05) is 13.8 Å². The van der Waals surface area contributed by atoms with Gasteiger partial charge in [0.1, 0.15) is 5.71 Å². The van der Waals surface area contributed by atoms with Crippen molar-refractivity contribution in [1.82, 2.24) is 0 Å². The lowest BCUT2D eigenvalue weighted by atomic mass is 9.84. The normalized spacial score (nSPS) is 14.6. The lowest BCUT2D eigenvalue weighted by Crippen LogP contribution is -2.28. The number of rotatable bonds is 7. The predicted molar refractivity (Wildman–Crippen MR) is 86.3 cm³/mol. The van der Waals surface area contributed by atoms with Gasteiger partial charge in [0, 0.05) is 12.8 Å². The summed E-state index contributed by atoms with van der Waals surface area (Å²) in [6.07, 6.45) is 0.118. The van der Waals surface area contributed by atoms with E-state index in [9.17, 15) is 9.00 Å². The van der Waals surface area contributed by atoms with Crippen LogP contribution in [0.2, 0.25) is 0 Å². The molecule has 0 saturated heterocycles. The second kappa shape index (κ2) is 8.39. The molecule has 0 aliphatic carbocycles. The Balaban J connectivity index is 5.30. The molecular formula is C15H26N2O4S. The molecule has 0 aromatic rings. The lowest BCUT2D eigenvalue weighted by Gasteiger charge is -2.22. The Bertz CT molecular complexity index is 485. The van der Waals surface area contributed by atoms with Gasteiger partial charge in [-0.3, -0.25) is 4.18 Å². The smallest absolute Gasteiger partial charge is 0.353 e. The van der Waals surface area contributed by atoms with E-state index in [0.29, 0.717) is 0 Å². The Kier molecular flexibility index (Phi) is 7.91. The van der Waals surface area contributed by atoms with E-state index in [4.69, 9.17) is 14.2 Å². The summed E-state index contributed by atoms with van der Waals surface area (Å²) in [5.41, 5.74) is -1.10. The van der Waals surface area contributed by atoms with E-state index in [1.54, 1.807) is 34.6 Å². The number of esters is 1. The van der Waals surface area contributed by atoms with Gasteiger partial charge in [-0.25, -0.2) is 9.00 Å². The minimum Gasteiger partial charge on any atom is -0.458 e. The molecule has 22 heavy (non-hydrogen) atoms. The van der Waals surface area contributed by atoms with Crippen LogP contribution in [0.25, 0.3) is 0 Å². The van der Waals surface area contributed by atoms with Crippen molar-refractivity contribution in [3.05, 3.63) is 0 Å². The van der Waals surface area contributed by atoms with Crippen molar-refractivity contribution in [3.8, 4) is 6.07 Å².